The first-order chi connectivity index (χ1) is 12.0. The summed E-state index contributed by atoms with van der Waals surface area (Å²) in [7, 11) is 1.97. The average Bonchev–Trinajstić information content (AvgIpc) is 2.99. The van der Waals surface area contributed by atoms with Crippen LogP contribution in [0.4, 0.5) is 5.69 Å². The van der Waals surface area contributed by atoms with Crippen LogP contribution >= 0.6 is 34.5 Å². The highest BCUT2D eigenvalue weighted by Crippen LogP contribution is 2.23. The lowest BCUT2D eigenvalue weighted by Crippen LogP contribution is -2.51. The lowest BCUT2D eigenvalue weighted by molar-refractivity contribution is -0.132. The molecule has 4 nitrogen and oxygen atoms in total. The molecule has 1 aromatic carbocycles. The fourth-order valence-corrected chi connectivity index (χ4v) is 4.33. The van der Waals surface area contributed by atoms with Gasteiger partial charge in [0.1, 0.15) is 0 Å². The van der Waals surface area contributed by atoms with E-state index >= 15 is 0 Å². The topological polar surface area (TPSA) is 26.8 Å². The molecule has 7 heteroatoms. The molecule has 1 aliphatic heterocycles. The number of hydrogen-bond donors (Lipinski definition) is 0. The Morgan fingerprint density at radius 2 is 1.92 bits per heavy atom. The van der Waals surface area contributed by atoms with Gasteiger partial charge in [0.2, 0.25) is 5.91 Å². The molecule has 2 heterocycles. The molecular weight excluding hydrogens is 377 g/mol. The van der Waals surface area contributed by atoms with Gasteiger partial charge in [-0.25, -0.2) is 0 Å². The first-order valence-corrected chi connectivity index (χ1v) is 9.79. The minimum Gasteiger partial charge on any atom is -0.368 e. The summed E-state index contributed by atoms with van der Waals surface area (Å²) in [6.45, 7) is 4.30. The molecule has 1 saturated heterocycles. The van der Waals surface area contributed by atoms with Crippen molar-refractivity contribution in [2.75, 3.05) is 44.7 Å². The fraction of sp³-hybridized carbons (Fsp3) is 0.389. The molecule has 3 rings (SSSR count). The number of thiophene rings is 1. The van der Waals surface area contributed by atoms with Gasteiger partial charge in [-0.05, 0) is 37.4 Å². The maximum Gasteiger partial charge on any atom is 0.236 e. The molecule has 25 heavy (non-hydrogen) atoms. The lowest BCUT2D eigenvalue weighted by atomic mass is 10.2. The highest BCUT2D eigenvalue weighted by Gasteiger charge is 2.22. The van der Waals surface area contributed by atoms with E-state index in [-0.39, 0.29) is 5.91 Å². The van der Waals surface area contributed by atoms with Gasteiger partial charge in [-0.1, -0.05) is 29.3 Å². The van der Waals surface area contributed by atoms with Crippen LogP contribution < -0.4 is 4.90 Å². The van der Waals surface area contributed by atoms with E-state index in [1.165, 1.54) is 4.88 Å². The summed E-state index contributed by atoms with van der Waals surface area (Å²) in [5, 5.41) is 0.742. The quantitative estimate of drug-likeness (QED) is 0.766. The number of anilines is 1. The average molecular weight is 398 g/mol. The van der Waals surface area contributed by atoms with E-state index in [1.54, 1.807) is 11.3 Å². The number of hydrogen-bond acceptors (Lipinski definition) is 4. The van der Waals surface area contributed by atoms with Gasteiger partial charge in [0.15, 0.2) is 0 Å². The number of carbonyl (C=O) groups excluding carboxylic acids is 1. The lowest BCUT2D eigenvalue weighted by Gasteiger charge is -2.36. The van der Waals surface area contributed by atoms with Crippen LogP contribution in [-0.4, -0.2) is 55.5 Å². The zero-order valence-corrected chi connectivity index (χ0v) is 16.4. The second-order valence-corrected chi connectivity index (χ2v) is 8.46. The Labute approximate surface area is 162 Å². The summed E-state index contributed by atoms with van der Waals surface area (Å²) in [4.78, 5) is 19.9. The number of nitrogens with zero attached hydrogens (tertiary/aromatic N) is 3. The monoisotopic (exact) mass is 397 g/mol. The molecule has 134 valence electrons. The number of halogens is 2. The zero-order valence-electron chi connectivity index (χ0n) is 14.1. The van der Waals surface area contributed by atoms with Crippen LogP contribution in [0, 0.1) is 0 Å². The Balaban J connectivity index is 1.48. The molecule has 0 unspecified atom stereocenters. The van der Waals surface area contributed by atoms with Crippen molar-refractivity contribution in [3.05, 3.63) is 50.6 Å². The molecule has 0 bridgehead atoms. The van der Waals surface area contributed by atoms with Crippen LogP contribution in [-0.2, 0) is 11.3 Å². The van der Waals surface area contributed by atoms with Crippen molar-refractivity contribution in [1.29, 1.82) is 0 Å². The molecule has 2 aromatic rings. The Bertz CT molecular complexity index is 729. The third kappa shape index (κ3) is 5.11. The summed E-state index contributed by atoms with van der Waals surface area (Å²) in [6, 6.07) is 11.8. The van der Waals surface area contributed by atoms with Crippen molar-refractivity contribution in [1.82, 2.24) is 9.80 Å². The first-order valence-electron chi connectivity index (χ1n) is 8.22. The van der Waals surface area contributed by atoms with E-state index in [1.807, 2.05) is 47.2 Å². The zero-order chi connectivity index (χ0) is 17.8. The third-order valence-electron chi connectivity index (χ3n) is 4.27. The highest BCUT2D eigenvalue weighted by molar-refractivity contribution is 7.16. The number of piperazine rings is 1. The normalized spacial score (nSPS) is 15.0. The Morgan fingerprint density at radius 3 is 2.56 bits per heavy atom. The SMILES string of the molecule is CN(CC(=O)N1CCN(c2cccc(Cl)c2)CC1)Cc1ccc(Cl)s1. The van der Waals surface area contributed by atoms with Gasteiger partial charge in [0, 0.05) is 48.3 Å². The van der Waals surface area contributed by atoms with E-state index in [0.717, 1.165) is 47.8 Å². The first kappa shape index (κ1) is 18.5. The van der Waals surface area contributed by atoms with Gasteiger partial charge in [-0.3, -0.25) is 9.69 Å². The number of likely N-dealkylation sites (N-methyl/N-ethyl adjacent to an activating group) is 1. The van der Waals surface area contributed by atoms with Crippen LogP contribution in [0.5, 0.6) is 0 Å². The maximum atomic E-state index is 12.5. The third-order valence-corrected chi connectivity index (χ3v) is 5.72. The van der Waals surface area contributed by atoms with Crippen LogP contribution in [0.25, 0.3) is 0 Å². The van der Waals surface area contributed by atoms with Crippen molar-refractivity contribution in [3.8, 4) is 0 Å². The maximum absolute atomic E-state index is 12.5. The van der Waals surface area contributed by atoms with Crippen LogP contribution in [0.15, 0.2) is 36.4 Å². The summed E-state index contributed by atoms with van der Waals surface area (Å²) < 4.78 is 0.784. The Kier molecular flexibility index (Phi) is 6.23. The summed E-state index contributed by atoms with van der Waals surface area (Å²) in [5.41, 5.74) is 1.12. The molecule has 0 saturated carbocycles. The number of benzene rings is 1. The molecule has 0 atom stereocenters. The fourth-order valence-electron chi connectivity index (χ4n) is 2.98. The Morgan fingerprint density at radius 1 is 1.16 bits per heavy atom. The van der Waals surface area contributed by atoms with Crippen molar-refractivity contribution in [2.45, 2.75) is 6.54 Å². The predicted octanol–water partition coefficient (Wildman–Crippen LogP) is 3.84. The van der Waals surface area contributed by atoms with Gasteiger partial charge in [-0.2, -0.15) is 0 Å². The molecule has 1 amide bonds. The number of carbonyl (C=O) groups is 1. The second-order valence-electron chi connectivity index (χ2n) is 6.23. The van der Waals surface area contributed by atoms with E-state index in [0.29, 0.717) is 6.54 Å². The van der Waals surface area contributed by atoms with E-state index in [4.69, 9.17) is 23.2 Å². The van der Waals surface area contributed by atoms with Gasteiger partial charge < -0.3 is 9.80 Å². The summed E-state index contributed by atoms with van der Waals surface area (Å²) >= 11 is 13.6. The highest BCUT2D eigenvalue weighted by atomic mass is 35.5. The van der Waals surface area contributed by atoms with Crippen molar-refractivity contribution >= 4 is 46.1 Å². The van der Waals surface area contributed by atoms with Crippen LogP contribution in [0.1, 0.15) is 4.88 Å². The van der Waals surface area contributed by atoms with Crippen molar-refractivity contribution < 1.29 is 4.79 Å². The smallest absolute Gasteiger partial charge is 0.236 e. The molecule has 0 N–H and O–H groups in total. The Hall–Kier alpha value is -1.27. The van der Waals surface area contributed by atoms with Gasteiger partial charge >= 0.3 is 0 Å². The van der Waals surface area contributed by atoms with Gasteiger partial charge in [0.05, 0.1) is 10.9 Å². The molecule has 0 spiro atoms. The minimum absolute atomic E-state index is 0.177. The molecule has 0 aliphatic carbocycles. The minimum atomic E-state index is 0.177. The molecule has 1 fully saturated rings. The second kappa shape index (κ2) is 8.41. The van der Waals surface area contributed by atoms with Crippen LogP contribution in [0.3, 0.4) is 0 Å². The molecule has 1 aliphatic rings. The van der Waals surface area contributed by atoms with E-state index in [2.05, 4.69) is 11.0 Å². The number of rotatable bonds is 5. The molecule has 1 aromatic heterocycles. The van der Waals surface area contributed by atoms with Crippen LogP contribution in [0.2, 0.25) is 9.36 Å². The standard InChI is InChI=1S/C18H21Cl2N3OS/c1-21(12-16-5-6-17(20)25-16)13-18(24)23-9-7-22(8-10-23)15-4-2-3-14(19)11-15/h2-6,11H,7-10,12-13H2,1H3. The molecular formula is C18H21Cl2N3OS. The van der Waals surface area contributed by atoms with Crippen molar-refractivity contribution in [3.63, 3.8) is 0 Å². The number of amides is 1. The molecule has 0 radical (unpaired) electrons. The predicted molar refractivity (Wildman–Crippen MR) is 106 cm³/mol. The summed E-state index contributed by atoms with van der Waals surface area (Å²) in [5.74, 6) is 0.177. The van der Waals surface area contributed by atoms with Crippen molar-refractivity contribution in [2.24, 2.45) is 0 Å². The summed E-state index contributed by atoms with van der Waals surface area (Å²) in [6.07, 6.45) is 0. The van der Waals surface area contributed by atoms with E-state index < -0.39 is 0 Å². The van der Waals surface area contributed by atoms with Gasteiger partial charge in [0.25, 0.3) is 0 Å². The van der Waals surface area contributed by atoms with Gasteiger partial charge in [-0.15, -0.1) is 11.3 Å². The largest absolute Gasteiger partial charge is 0.368 e. The van der Waals surface area contributed by atoms with E-state index in [9.17, 15) is 4.79 Å².